The summed E-state index contributed by atoms with van der Waals surface area (Å²) in [5, 5.41) is 9.23. The molecule has 2 aliphatic carbocycles. The van der Waals surface area contributed by atoms with Crippen molar-refractivity contribution in [2.75, 3.05) is 7.11 Å². The Hall–Kier alpha value is -3.54. The van der Waals surface area contributed by atoms with Crippen LogP contribution in [0.2, 0.25) is 0 Å². The van der Waals surface area contributed by atoms with E-state index < -0.39 is 5.97 Å². The van der Waals surface area contributed by atoms with Gasteiger partial charge in [-0.2, -0.15) is 0 Å². The molecule has 0 radical (unpaired) electrons. The van der Waals surface area contributed by atoms with Gasteiger partial charge in [-0.3, -0.25) is 4.79 Å². The van der Waals surface area contributed by atoms with Crippen LogP contribution in [0.25, 0.3) is 11.1 Å². The quantitative estimate of drug-likeness (QED) is 0.353. The number of aryl methyl sites for hydroxylation is 1. The highest BCUT2D eigenvalue weighted by atomic mass is 19.1. The average molecular weight is 491 g/mol. The number of halogens is 1. The van der Waals surface area contributed by atoms with E-state index in [9.17, 15) is 14.3 Å². The summed E-state index contributed by atoms with van der Waals surface area (Å²) < 4.78 is 32.6. The highest BCUT2D eigenvalue weighted by Gasteiger charge is 2.25. The van der Waals surface area contributed by atoms with E-state index in [-0.39, 0.29) is 24.3 Å². The van der Waals surface area contributed by atoms with Crippen molar-refractivity contribution >= 4 is 5.97 Å². The second-order valence-electron chi connectivity index (χ2n) is 9.68. The molecule has 0 heterocycles. The van der Waals surface area contributed by atoms with Gasteiger partial charge in [0.15, 0.2) is 0 Å². The average Bonchev–Trinajstić information content (AvgIpc) is 3.53. The number of benzene rings is 3. The lowest BCUT2D eigenvalue weighted by atomic mass is 9.98. The third-order valence-electron chi connectivity index (χ3n) is 7.25. The maximum absolute atomic E-state index is 14.8. The van der Waals surface area contributed by atoms with Crippen LogP contribution in [0.1, 0.15) is 61.1 Å². The number of carboxylic acids is 1. The number of ether oxygens (including phenoxy) is 3. The van der Waals surface area contributed by atoms with Crippen molar-refractivity contribution in [2.45, 2.75) is 63.6 Å². The molecule has 1 N–H and O–H groups in total. The smallest absolute Gasteiger partial charge is 0.303 e. The minimum atomic E-state index is -0.776. The number of hydrogen-bond acceptors (Lipinski definition) is 4. The first-order valence-corrected chi connectivity index (χ1v) is 12.6. The summed E-state index contributed by atoms with van der Waals surface area (Å²) >= 11 is 0. The van der Waals surface area contributed by atoms with E-state index in [0.717, 1.165) is 49.7 Å². The van der Waals surface area contributed by atoms with Crippen LogP contribution in [-0.2, 0) is 17.8 Å². The van der Waals surface area contributed by atoms with Gasteiger partial charge in [0.05, 0.1) is 19.6 Å². The van der Waals surface area contributed by atoms with Gasteiger partial charge in [-0.15, -0.1) is 0 Å². The summed E-state index contributed by atoms with van der Waals surface area (Å²) in [4.78, 5) is 11.2. The van der Waals surface area contributed by atoms with Gasteiger partial charge in [0.1, 0.15) is 29.7 Å². The predicted molar refractivity (Wildman–Crippen MR) is 135 cm³/mol. The minimum absolute atomic E-state index is 0.0320. The van der Waals surface area contributed by atoms with Gasteiger partial charge in [0.25, 0.3) is 0 Å². The maximum Gasteiger partial charge on any atom is 0.303 e. The lowest BCUT2D eigenvalue weighted by molar-refractivity contribution is -0.137. The molecule has 0 aromatic heterocycles. The molecule has 0 spiro atoms. The van der Waals surface area contributed by atoms with E-state index in [0.29, 0.717) is 35.0 Å². The molecule has 1 saturated carbocycles. The van der Waals surface area contributed by atoms with Gasteiger partial charge in [0, 0.05) is 11.1 Å². The molecule has 0 saturated heterocycles. The van der Waals surface area contributed by atoms with Crippen LogP contribution in [-0.4, -0.2) is 24.3 Å². The summed E-state index contributed by atoms with van der Waals surface area (Å²) in [5.41, 5.74) is 4.32. The van der Waals surface area contributed by atoms with Crippen LogP contribution in [0.4, 0.5) is 4.39 Å². The van der Waals surface area contributed by atoms with Crippen molar-refractivity contribution in [3.05, 3.63) is 77.1 Å². The first-order valence-electron chi connectivity index (χ1n) is 12.6. The number of hydrogen-bond donors (Lipinski definition) is 1. The van der Waals surface area contributed by atoms with Gasteiger partial charge >= 0.3 is 5.97 Å². The Morgan fingerprint density at radius 2 is 1.78 bits per heavy atom. The van der Waals surface area contributed by atoms with Crippen molar-refractivity contribution < 1.29 is 28.5 Å². The Bertz CT molecular complexity index is 1250. The molecule has 0 aliphatic heterocycles. The summed E-state index contributed by atoms with van der Waals surface area (Å²) in [5.74, 6) is 0.873. The lowest BCUT2D eigenvalue weighted by Gasteiger charge is -2.19. The highest BCUT2D eigenvalue weighted by molar-refractivity contribution is 5.73. The largest absolute Gasteiger partial charge is 0.497 e. The van der Waals surface area contributed by atoms with E-state index in [4.69, 9.17) is 14.2 Å². The molecule has 0 amide bonds. The van der Waals surface area contributed by atoms with Crippen LogP contribution >= 0.6 is 0 Å². The van der Waals surface area contributed by atoms with E-state index >= 15 is 0 Å². The zero-order valence-corrected chi connectivity index (χ0v) is 20.5. The molecule has 6 heteroatoms. The van der Waals surface area contributed by atoms with E-state index in [1.165, 1.54) is 11.6 Å². The van der Waals surface area contributed by atoms with Crippen molar-refractivity contribution in [3.63, 3.8) is 0 Å². The second kappa shape index (κ2) is 10.6. The van der Waals surface area contributed by atoms with Crippen LogP contribution in [0, 0.1) is 5.82 Å². The zero-order valence-electron chi connectivity index (χ0n) is 20.5. The van der Waals surface area contributed by atoms with Gasteiger partial charge in [-0.1, -0.05) is 18.2 Å². The van der Waals surface area contributed by atoms with Gasteiger partial charge < -0.3 is 19.3 Å². The van der Waals surface area contributed by atoms with Crippen molar-refractivity contribution in [2.24, 2.45) is 0 Å². The fraction of sp³-hybridized carbons (Fsp3) is 0.367. The molecule has 1 atom stereocenters. The molecule has 0 unspecified atom stereocenters. The van der Waals surface area contributed by atoms with Crippen molar-refractivity contribution in [1.29, 1.82) is 0 Å². The third kappa shape index (κ3) is 5.32. The zero-order chi connectivity index (χ0) is 25.1. The molecule has 3 aromatic rings. The fourth-order valence-corrected chi connectivity index (χ4v) is 5.35. The maximum atomic E-state index is 14.8. The minimum Gasteiger partial charge on any atom is -0.497 e. The summed E-state index contributed by atoms with van der Waals surface area (Å²) in [7, 11) is 1.57. The molecule has 188 valence electrons. The Morgan fingerprint density at radius 1 is 0.972 bits per heavy atom. The van der Waals surface area contributed by atoms with Crippen LogP contribution in [0.15, 0.2) is 54.6 Å². The second-order valence-corrected chi connectivity index (χ2v) is 9.68. The summed E-state index contributed by atoms with van der Waals surface area (Å²) in [6.07, 6.45) is 6.28. The molecule has 5 nitrogen and oxygen atoms in total. The summed E-state index contributed by atoms with van der Waals surface area (Å²) in [6.45, 7) is 0.324. The number of aliphatic carboxylic acids is 1. The standard InChI is InChI=1S/C30H31FO5/c1-34-23-11-13-28(31)27(16-23)25-12-6-19(14-29(25)36-22-4-2-3-5-22)18-35-24-10-9-20-7-8-21(15-30(32)33)26(20)17-24/h6,9-14,16-17,21-22H,2-5,7-8,15,18H2,1H3,(H,32,33)/t21-/m1/s1. The Morgan fingerprint density at radius 3 is 2.56 bits per heavy atom. The number of carboxylic acid groups (broad SMARTS) is 1. The summed E-state index contributed by atoms with van der Waals surface area (Å²) in [6, 6.07) is 16.4. The molecule has 1 fully saturated rings. The third-order valence-corrected chi connectivity index (χ3v) is 7.25. The monoisotopic (exact) mass is 490 g/mol. The molecule has 2 aliphatic rings. The first-order chi connectivity index (χ1) is 17.5. The Kier molecular flexibility index (Phi) is 7.12. The molecule has 5 rings (SSSR count). The normalized spacial score (nSPS) is 17.1. The number of rotatable bonds is 9. The van der Waals surface area contributed by atoms with E-state index in [1.807, 2.05) is 36.4 Å². The van der Waals surface area contributed by atoms with Gasteiger partial charge in [0.2, 0.25) is 0 Å². The first kappa shape index (κ1) is 24.2. The highest BCUT2D eigenvalue weighted by Crippen LogP contribution is 2.39. The van der Waals surface area contributed by atoms with Crippen LogP contribution in [0.3, 0.4) is 0 Å². The number of fused-ring (bicyclic) bond motifs is 1. The molecular formula is C30H31FO5. The van der Waals surface area contributed by atoms with Gasteiger partial charge in [-0.05, 0) is 97.5 Å². The number of methoxy groups -OCH3 is 1. The topological polar surface area (TPSA) is 65.0 Å². The predicted octanol–water partition coefficient (Wildman–Crippen LogP) is 6.91. The molecule has 36 heavy (non-hydrogen) atoms. The Balaban J connectivity index is 1.38. The van der Waals surface area contributed by atoms with Gasteiger partial charge in [-0.25, -0.2) is 4.39 Å². The van der Waals surface area contributed by atoms with Crippen molar-refractivity contribution in [3.8, 4) is 28.4 Å². The van der Waals surface area contributed by atoms with E-state index in [1.54, 1.807) is 19.2 Å². The van der Waals surface area contributed by atoms with Crippen molar-refractivity contribution in [1.82, 2.24) is 0 Å². The Labute approximate surface area is 210 Å². The fourth-order valence-electron chi connectivity index (χ4n) is 5.35. The molecular weight excluding hydrogens is 459 g/mol. The SMILES string of the molecule is COc1ccc(F)c(-c2ccc(COc3ccc4c(c3)[C@@H](CC(=O)O)CC4)cc2OC2CCCC2)c1. The molecule has 0 bridgehead atoms. The number of carbonyl (C=O) groups is 1. The lowest BCUT2D eigenvalue weighted by Crippen LogP contribution is -2.12. The molecule has 3 aromatic carbocycles. The van der Waals surface area contributed by atoms with E-state index in [2.05, 4.69) is 0 Å². The van der Waals surface area contributed by atoms with Crippen LogP contribution < -0.4 is 14.2 Å². The van der Waals surface area contributed by atoms with Crippen LogP contribution in [0.5, 0.6) is 17.2 Å².